The molecule has 0 bridgehead atoms. The van der Waals surface area contributed by atoms with E-state index in [2.05, 4.69) is 5.32 Å². The van der Waals surface area contributed by atoms with Crippen molar-refractivity contribution in [3.8, 4) is 0 Å². The first-order valence-electron chi connectivity index (χ1n) is 5.96. The Bertz CT molecular complexity index is 401. The number of likely N-dealkylation sites (N-methyl/N-ethyl adjacent to an activating group) is 1. The Kier molecular flexibility index (Phi) is 5.34. The first-order valence-corrected chi connectivity index (χ1v) is 6.84. The second kappa shape index (κ2) is 6.54. The molecular weight excluding hydrogens is 248 g/mol. The van der Waals surface area contributed by atoms with Crippen LogP contribution in [0.25, 0.3) is 0 Å². The number of hydrogen-bond acceptors (Lipinski definition) is 3. The highest BCUT2D eigenvalue weighted by Gasteiger charge is 2.25. The third-order valence-corrected chi connectivity index (χ3v) is 3.50. The molecule has 0 aliphatic heterocycles. The van der Waals surface area contributed by atoms with E-state index in [4.69, 9.17) is 0 Å². The lowest BCUT2D eigenvalue weighted by molar-refractivity contribution is -0.136. The van der Waals surface area contributed by atoms with Crippen molar-refractivity contribution in [3.63, 3.8) is 0 Å². The van der Waals surface area contributed by atoms with Crippen LogP contribution in [0.4, 0.5) is 0 Å². The van der Waals surface area contributed by atoms with E-state index in [0.717, 1.165) is 4.88 Å². The van der Waals surface area contributed by atoms with Crippen molar-refractivity contribution in [2.45, 2.75) is 33.4 Å². The number of nitrogens with zero attached hydrogens (tertiary/aromatic N) is 1. The molecule has 100 valence electrons. The summed E-state index contributed by atoms with van der Waals surface area (Å²) in [6.45, 7) is 5.87. The molecule has 1 rings (SSSR count). The standard InChI is InChI=1S/C13H20N2O2S/c1-9(2)12(14-10(3)16)13(17)15(4)8-11-6-5-7-18-11/h5-7,9,12H,8H2,1-4H3,(H,14,16)/t12-/m0/s1. The van der Waals surface area contributed by atoms with E-state index in [1.807, 2.05) is 31.4 Å². The predicted molar refractivity (Wildman–Crippen MR) is 73.2 cm³/mol. The Balaban J connectivity index is 2.67. The summed E-state index contributed by atoms with van der Waals surface area (Å²) in [6.07, 6.45) is 0. The van der Waals surface area contributed by atoms with Gasteiger partial charge in [0.25, 0.3) is 0 Å². The van der Waals surface area contributed by atoms with E-state index in [-0.39, 0.29) is 17.7 Å². The van der Waals surface area contributed by atoms with Crippen LogP contribution in [0.15, 0.2) is 17.5 Å². The van der Waals surface area contributed by atoms with Crippen LogP contribution in [-0.4, -0.2) is 29.8 Å². The lowest BCUT2D eigenvalue weighted by Gasteiger charge is -2.26. The van der Waals surface area contributed by atoms with Crippen LogP contribution in [0.5, 0.6) is 0 Å². The molecule has 1 atom stereocenters. The number of carbonyl (C=O) groups excluding carboxylic acids is 2. The van der Waals surface area contributed by atoms with Crippen LogP contribution < -0.4 is 5.32 Å². The predicted octanol–water partition coefficient (Wildman–Crippen LogP) is 1.87. The lowest BCUT2D eigenvalue weighted by Crippen LogP contribution is -2.49. The Morgan fingerprint density at radius 1 is 1.44 bits per heavy atom. The van der Waals surface area contributed by atoms with E-state index in [0.29, 0.717) is 6.54 Å². The van der Waals surface area contributed by atoms with Crippen LogP contribution in [0.2, 0.25) is 0 Å². The summed E-state index contributed by atoms with van der Waals surface area (Å²) >= 11 is 1.62. The monoisotopic (exact) mass is 268 g/mol. The zero-order valence-corrected chi connectivity index (χ0v) is 12.1. The maximum Gasteiger partial charge on any atom is 0.245 e. The van der Waals surface area contributed by atoms with Crippen molar-refractivity contribution in [2.24, 2.45) is 5.92 Å². The summed E-state index contributed by atoms with van der Waals surface area (Å²) < 4.78 is 0. The zero-order chi connectivity index (χ0) is 13.7. The number of nitrogens with one attached hydrogen (secondary N) is 1. The quantitative estimate of drug-likeness (QED) is 0.886. The van der Waals surface area contributed by atoms with Gasteiger partial charge in [-0.2, -0.15) is 0 Å². The molecule has 0 aliphatic rings. The number of thiophene rings is 1. The highest BCUT2D eigenvalue weighted by molar-refractivity contribution is 7.09. The molecule has 1 N–H and O–H groups in total. The molecule has 4 nitrogen and oxygen atoms in total. The molecule has 18 heavy (non-hydrogen) atoms. The zero-order valence-electron chi connectivity index (χ0n) is 11.3. The highest BCUT2D eigenvalue weighted by Crippen LogP contribution is 2.13. The van der Waals surface area contributed by atoms with E-state index < -0.39 is 6.04 Å². The SMILES string of the molecule is CC(=O)N[C@H](C(=O)N(C)Cc1cccs1)C(C)C. The second-order valence-corrected chi connectivity index (χ2v) is 5.73. The molecule has 0 unspecified atom stereocenters. The van der Waals surface area contributed by atoms with Gasteiger partial charge in [0.05, 0.1) is 6.54 Å². The Hall–Kier alpha value is -1.36. The number of hydrogen-bond donors (Lipinski definition) is 1. The fraction of sp³-hybridized carbons (Fsp3) is 0.538. The number of amides is 2. The Morgan fingerprint density at radius 2 is 2.11 bits per heavy atom. The minimum atomic E-state index is -0.451. The van der Waals surface area contributed by atoms with Crippen LogP contribution in [0.1, 0.15) is 25.6 Å². The third kappa shape index (κ3) is 4.14. The second-order valence-electron chi connectivity index (χ2n) is 4.70. The van der Waals surface area contributed by atoms with E-state index in [1.54, 1.807) is 23.3 Å². The molecule has 0 saturated heterocycles. The van der Waals surface area contributed by atoms with Gasteiger partial charge in [-0.1, -0.05) is 19.9 Å². The van der Waals surface area contributed by atoms with Gasteiger partial charge in [0.2, 0.25) is 11.8 Å². The summed E-state index contributed by atoms with van der Waals surface area (Å²) in [5.41, 5.74) is 0. The summed E-state index contributed by atoms with van der Waals surface area (Å²) in [6, 6.07) is 3.51. The molecule has 5 heteroatoms. The third-order valence-electron chi connectivity index (χ3n) is 2.64. The molecule has 0 aromatic carbocycles. The van der Waals surface area contributed by atoms with E-state index in [1.165, 1.54) is 6.92 Å². The van der Waals surface area contributed by atoms with Gasteiger partial charge in [-0.25, -0.2) is 0 Å². The van der Waals surface area contributed by atoms with Crippen molar-refractivity contribution in [1.82, 2.24) is 10.2 Å². The smallest absolute Gasteiger partial charge is 0.245 e. The van der Waals surface area contributed by atoms with Crippen LogP contribution in [-0.2, 0) is 16.1 Å². The van der Waals surface area contributed by atoms with Crippen molar-refractivity contribution >= 4 is 23.2 Å². The average Bonchev–Trinajstić information content (AvgIpc) is 2.77. The Morgan fingerprint density at radius 3 is 2.56 bits per heavy atom. The molecule has 0 saturated carbocycles. The molecule has 0 fully saturated rings. The summed E-state index contributed by atoms with van der Waals surface area (Å²) in [5.74, 6) is -0.146. The fourth-order valence-electron chi connectivity index (χ4n) is 1.68. The topological polar surface area (TPSA) is 49.4 Å². The maximum atomic E-state index is 12.3. The fourth-order valence-corrected chi connectivity index (χ4v) is 2.44. The molecule has 2 amide bonds. The van der Waals surface area contributed by atoms with Gasteiger partial charge in [-0.3, -0.25) is 9.59 Å². The van der Waals surface area contributed by atoms with Gasteiger partial charge in [0.15, 0.2) is 0 Å². The van der Waals surface area contributed by atoms with Gasteiger partial charge in [0, 0.05) is 18.8 Å². The Labute approximate surface area is 112 Å². The first-order chi connectivity index (χ1) is 8.41. The van der Waals surface area contributed by atoms with Crippen LogP contribution >= 0.6 is 11.3 Å². The molecule has 0 aliphatic carbocycles. The molecule has 1 heterocycles. The van der Waals surface area contributed by atoms with Crippen LogP contribution in [0.3, 0.4) is 0 Å². The molecular formula is C13H20N2O2S. The van der Waals surface area contributed by atoms with Crippen molar-refractivity contribution in [2.75, 3.05) is 7.05 Å². The molecule has 0 radical (unpaired) electrons. The molecule has 1 aromatic heterocycles. The van der Waals surface area contributed by atoms with Gasteiger partial charge >= 0.3 is 0 Å². The maximum absolute atomic E-state index is 12.3. The van der Waals surface area contributed by atoms with Crippen LogP contribution in [0, 0.1) is 5.92 Å². The van der Waals surface area contributed by atoms with E-state index >= 15 is 0 Å². The minimum absolute atomic E-state index is 0.0476. The normalized spacial score (nSPS) is 12.3. The van der Waals surface area contributed by atoms with Gasteiger partial charge < -0.3 is 10.2 Å². The van der Waals surface area contributed by atoms with Gasteiger partial charge in [0.1, 0.15) is 6.04 Å². The highest BCUT2D eigenvalue weighted by atomic mass is 32.1. The minimum Gasteiger partial charge on any atom is -0.344 e. The van der Waals surface area contributed by atoms with Gasteiger partial charge in [-0.15, -0.1) is 11.3 Å². The van der Waals surface area contributed by atoms with E-state index in [9.17, 15) is 9.59 Å². The summed E-state index contributed by atoms with van der Waals surface area (Å²) in [4.78, 5) is 26.2. The lowest BCUT2D eigenvalue weighted by atomic mass is 10.0. The van der Waals surface area contributed by atoms with Crippen molar-refractivity contribution in [3.05, 3.63) is 22.4 Å². The number of rotatable bonds is 5. The average molecular weight is 268 g/mol. The van der Waals surface area contributed by atoms with Gasteiger partial charge in [-0.05, 0) is 17.4 Å². The number of carbonyl (C=O) groups is 2. The summed E-state index contributed by atoms with van der Waals surface area (Å²) in [5, 5.41) is 4.70. The largest absolute Gasteiger partial charge is 0.344 e. The van der Waals surface area contributed by atoms with Crippen molar-refractivity contribution < 1.29 is 9.59 Å². The molecule has 0 spiro atoms. The molecule has 1 aromatic rings. The summed E-state index contributed by atoms with van der Waals surface area (Å²) in [7, 11) is 1.76. The van der Waals surface area contributed by atoms with Crippen molar-refractivity contribution in [1.29, 1.82) is 0 Å². The first kappa shape index (κ1) is 14.7.